The largest absolute Gasteiger partial charge is 0.480 e. The second kappa shape index (κ2) is 2.87. The topological polar surface area (TPSA) is 66.8 Å². The number of hydrogen-bond donors (Lipinski definition) is 1. The van der Waals surface area contributed by atoms with Gasteiger partial charge in [0.25, 0.3) is 5.91 Å². The number of carboxylic acid groups (broad SMARTS) is 1. The van der Waals surface area contributed by atoms with E-state index in [1.165, 1.54) is 18.9 Å². The van der Waals surface area contributed by atoms with Gasteiger partial charge in [0, 0.05) is 13.7 Å². The third-order valence-corrected chi connectivity index (χ3v) is 4.22. The highest BCUT2D eigenvalue weighted by Crippen LogP contribution is 2.47. The predicted octanol–water partition coefficient (Wildman–Crippen LogP) is -0.240. The summed E-state index contributed by atoms with van der Waals surface area (Å²) in [5.74, 6) is -0.977. The number of ether oxygens (including phenoxy) is 1. The van der Waals surface area contributed by atoms with Crippen LogP contribution in [0.25, 0.3) is 0 Å². The Morgan fingerprint density at radius 3 is 2.93 bits per heavy atom. The van der Waals surface area contributed by atoms with Crippen LogP contribution in [0.15, 0.2) is 0 Å². The molecule has 3 atom stereocenters. The number of carbonyl (C=O) groups excluding carboxylic acids is 1. The Morgan fingerprint density at radius 2 is 2.43 bits per heavy atom. The van der Waals surface area contributed by atoms with E-state index in [0.29, 0.717) is 0 Å². The molecule has 0 aromatic rings. The lowest BCUT2D eigenvalue weighted by Gasteiger charge is -2.40. The number of β-lactam (4-membered cyclic amide) rings is 1. The van der Waals surface area contributed by atoms with Gasteiger partial charge in [-0.05, 0) is 6.92 Å². The number of carboxylic acids is 1. The van der Waals surface area contributed by atoms with Gasteiger partial charge >= 0.3 is 5.97 Å². The van der Waals surface area contributed by atoms with Gasteiger partial charge in [0.2, 0.25) is 0 Å². The van der Waals surface area contributed by atoms with Gasteiger partial charge in [-0.25, -0.2) is 0 Å². The Labute approximate surface area is 85.4 Å². The van der Waals surface area contributed by atoms with Crippen LogP contribution in [0.2, 0.25) is 0 Å². The minimum absolute atomic E-state index is 0.102. The van der Waals surface area contributed by atoms with E-state index in [1.807, 2.05) is 0 Å². The molecule has 2 aliphatic rings. The Bertz CT molecular complexity index is 308. The highest BCUT2D eigenvalue weighted by atomic mass is 32.2. The molecule has 2 aliphatic heterocycles. The van der Waals surface area contributed by atoms with E-state index in [2.05, 4.69) is 0 Å². The third kappa shape index (κ3) is 1.07. The molecule has 1 N–H and O–H groups in total. The second-order valence-corrected chi connectivity index (χ2v) is 5.29. The van der Waals surface area contributed by atoms with Gasteiger partial charge in [0.1, 0.15) is 10.1 Å². The molecular formula is C8H11NO4S. The van der Waals surface area contributed by atoms with E-state index < -0.39 is 16.8 Å². The van der Waals surface area contributed by atoms with E-state index in [9.17, 15) is 9.59 Å². The summed E-state index contributed by atoms with van der Waals surface area (Å²) in [6, 6.07) is 0. The number of carbonyl (C=O) groups is 2. The Morgan fingerprint density at radius 1 is 1.79 bits per heavy atom. The maximum atomic E-state index is 11.4. The fraction of sp³-hybridized carbons (Fsp3) is 0.750. The molecule has 78 valence electrons. The van der Waals surface area contributed by atoms with Crippen LogP contribution in [0, 0.1) is 0 Å². The number of hydrogen-bond acceptors (Lipinski definition) is 4. The Kier molecular flexibility index (Phi) is 2.01. The van der Waals surface area contributed by atoms with Crippen LogP contribution in [0.4, 0.5) is 0 Å². The molecule has 2 fully saturated rings. The zero-order chi connectivity index (χ0) is 10.5. The van der Waals surface area contributed by atoms with Crippen molar-refractivity contribution < 1.29 is 19.4 Å². The average molecular weight is 217 g/mol. The van der Waals surface area contributed by atoms with Crippen molar-refractivity contribution in [1.29, 1.82) is 0 Å². The molecule has 0 aliphatic carbocycles. The predicted molar refractivity (Wildman–Crippen MR) is 49.9 cm³/mol. The number of fused-ring (bicyclic) bond motifs is 1. The molecule has 0 spiro atoms. The molecule has 2 heterocycles. The standard InChI is InChI=1S/C8H11NO4S/c1-8(7(11)12)3-9-5(10)4(13-2)6(9)14-8/h4,6H,3H2,1-2H3,(H,11,12)/t4-,6+,8?/m0/s1. The molecule has 14 heavy (non-hydrogen) atoms. The molecule has 0 saturated carbocycles. The first kappa shape index (κ1) is 9.79. The van der Waals surface area contributed by atoms with E-state index in [1.54, 1.807) is 11.8 Å². The summed E-state index contributed by atoms with van der Waals surface area (Å²) < 4.78 is 4.10. The first-order chi connectivity index (χ1) is 6.49. The minimum atomic E-state index is -0.881. The fourth-order valence-corrected chi connectivity index (χ4v) is 3.25. The zero-order valence-corrected chi connectivity index (χ0v) is 8.71. The highest BCUT2D eigenvalue weighted by Gasteiger charge is 2.60. The van der Waals surface area contributed by atoms with Crippen molar-refractivity contribution >= 4 is 23.6 Å². The Balaban J connectivity index is 2.15. The van der Waals surface area contributed by atoms with Crippen molar-refractivity contribution in [3.8, 4) is 0 Å². The van der Waals surface area contributed by atoms with Crippen LogP contribution < -0.4 is 0 Å². The molecule has 2 rings (SSSR count). The molecule has 0 bridgehead atoms. The van der Waals surface area contributed by atoms with Crippen LogP contribution in [-0.2, 0) is 14.3 Å². The van der Waals surface area contributed by atoms with E-state index in [-0.39, 0.29) is 17.8 Å². The van der Waals surface area contributed by atoms with Crippen molar-refractivity contribution in [2.24, 2.45) is 0 Å². The van der Waals surface area contributed by atoms with Gasteiger partial charge in [-0.15, -0.1) is 11.8 Å². The first-order valence-corrected chi connectivity index (χ1v) is 5.12. The minimum Gasteiger partial charge on any atom is -0.480 e. The molecule has 6 heteroatoms. The average Bonchev–Trinajstić information content (AvgIpc) is 2.43. The van der Waals surface area contributed by atoms with E-state index in [0.717, 1.165) is 0 Å². The number of amides is 1. The summed E-state index contributed by atoms with van der Waals surface area (Å²) in [5, 5.41) is 8.86. The quantitative estimate of drug-likeness (QED) is 0.647. The van der Waals surface area contributed by atoms with Crippen LogP contribution in [0.1, 0.15) is 6.92 Å². The molecular weight excluding hydrogens is 206 g/mol. The van der Waals surface area contributed by atoms with Gasteiger partial charge in [0.15, 0.2) is 6.10 Å². The van der Waals surface area contributed by atoms with Crippen LogP contribution in [-0.4, -0.2) is 51.8 Å². The fourth-order valence-electron chi connectivity index (χ4n) is 1.75. The number of rotatable bonds is 2. The SMILES string of the molecule is CO[C@H]1C(=O)N2CC(C)(C(=O)O)S[C@H]12. The summed E-state index contributed by atoms with van der Waals surface area (Å²) in [5.41, 5.74) is 0. The van der Waals surface area contributed by atoms with Crippen LogP contribution in [0.3, 0.4) is 0 Å². The zero-order valence-electron chi connectivity index (χ0n) is 7.89. The van der Waals surface area contributed by atoms with Gasteiger partial charge in [-0.2, -0.15) is 0 Å². The second-order valence-electron chi connectivity index (χ2n) is 3.67. The van der Waals surface area contributed by atoms with Crippen molar-refractivity contribution in [3.05, 3.63) is 0 Å². The monoisotopic (exact) mass is 217 g/mol. The van der Waals surface area contributed by atoms with Crippen molar-refractivity contribution in [2.75, 3.05) is 13.7 Å². The number of methoxy groups -OCH3 is 1. The van der Waals surface area contributed by atoms with E-state index in [4.69, 9.17) is 9.84 Å². The summed E-state index contributed by atoms with van der Waals surface area (Å²) in [6.07, 6.45) is -0.457. The molecule has 2 saturated heterocycles. The van der Waals surface area contributed by atoms with Crippen molar-refractivity contribution in [1.82, 2.24) is 4.90 Å². The molecule has 1 amide bonds. The van der Waals surface area contributed by atoms with Gasteiger partial charge in [-0.3, -0.25) is 9.59 Å². The number of aliphatic carboxylic acids is 1. The molecule has 0 aromatic carbocycles. The van der Waals surface area contributed by atoms with Crippen molar-refractivity contribution in [2.45, 2.75) is 23.1 Å². The van der Waals surface area contributed by atoms with Gasteiger partial charge in [0.05, 0.1) is 0 Å². The maximum Gasteiger partial charge on any atom is 0.321 e. The highest BCUT2D eigenvalue weighted by molar-refractivity contribution is 8.02. The lowest BCUT2D eigenvalue weighted by atomic mass is 10.1. The smallest absolute Gasteiger partial charge is 0.321 e. The van der Waals surface area contributed by atoms with Gasteiger partial charge in [-0.1, -0.05) is 0 Å². The summed E-state index contributed by atoms with van der Waals surface area (Å²) in [7, 11) is 1.47. The first-order valence-electron chi connectivity index (χ1n) is 4.24. The van der Waals surface area contributed by atoms with E-state index >= 15 is 0 Å². The third-order valence-electron chi connectivity index (χ3n) is 2.65. The lowest BCUT2D eigenvalue weighted by Crippen LogP contribution is -2.61. The van der Waals surface area contributed by atoms with Crippen LogP contribution in [0.5, 0.6) is 0 Å². The number of thioether (sulfide) groups is 1. The van der Waals surface area contributed by atoms with Gasteiger partial charge < -0.3 is 14.7 Å². The van der Waals surface area contributed by atoms with Crippen molar-refractivity contribution in [3.63, 3.8) is 0 Å². The lowest BCUT2D eigenvalue weighted by molar-refractivity contribution is -0.161. The molecule has 0 aromatic heterocycles. The summed E-state index contributed by atoms with van der Waals surface area (Å²) in [4.78, 5) is 23.9. The Hall–Kier alpha value is -0.750. The molecule has 0 radical (unpaired) electrons. The summed E-state index contributed by atoms with van der Waals surface area (Å²) in [6.45, 7) is 1.91. The number of nitrogens with zero attached hydrogens (tertiary/aromatic N) is 1. The molecule has 5 nitrogen and oxygen atoms in total. The maximum absolute atomic E-state index is 11.4. The normalized spacial score (nSPS) is 40.7. The molecule has 1 unspecified atom stereocenters. The van der Waals surface area contributed by atoms with Crippen LogP contribution >= 0.6 is 11.8 Å². The summed E-state index contributed by atoms with van der Waals surface area (Å²) >= 11 is 1.29.